The molecule has 0 aliphatic rings. The zero-order valence-corrected chi connectivity index (χ0v) is 8.51. The predicted molar refractivity (Wildman–Crippen MR) is 58.1 cm³/mol. The maximum atomic E-state index is 8.92. The molecule has 3 heteroatoms. The molecule has 0 spiro atoms. The van der Waals surface area contributed by atoms with Gasteiger partial charge in [-0.2, -0.15) is 10.2 Å². The molecule has 0 aliphatic carbocycles. The van der Waals surface area contributed by atoms with E-state index in [0.29, 0.717) is 0 Å². The van der Waals surface area contributed by atoms with Gasteiger partial charge < -0.3 is 5.11 Å². The van der Waals surface area contributed by atoms with E-state index in [1.54, 1.807) is 6.20 Å². The van der Waals surface area contributed by atoms with Crippen LogP contribution in [0, 0.1) is 6.92 Å². The number of benzene rings is 1. The minimum atomic E-state index is 0.0773. The molecule has 0 atom stereocenters. The standard InChI is InChI=1S/C12H12N2O/c1-9-6-12(7-13-14-9)11-4-2-10(8-15)3-5-11/h2-7,15H,8H2,1H3. The van der Waals surface area contributed by atoms with Crippen molar-refractivity contribution >= 4 is 0 Å². The van der Waals surface area contributed by atoms with Crippen LogP contribution in [0.3, 0.4) is 0 Å². The van der Waals surface area contributed by atoms with E-state index in [4.69, 9.17) is 5.11 Å². The first-order chi connectivity index (χ1) is 7.29. The molecule has 0 unspecified atom stereocenters. The van der Waals surface area contributed by atoms with Crippen LogP contribution < -0.4 is 0 Å². The summed E-state index contributed by atoms with van der Waals surface area (Å²) in [4.78, 5) is 0. The molecule has 76 valence electrons. The zero-order chi connectivity index (χ0) is 10.7. The lowest BCUT2D eigenvalue weighted by molar-refractivity contribution is 0.282. The van der Waals surface area contributed by atoms with Gasteiger partial charge in [-0.3, -0.25) is 0 Å². The number of aliphatic hydroxyl groups is 1. The van der Waals surface area contributed by atoms with Crippen LogP contribution in [0.5, 0.6) is 0 Å². The molecule has 0 saturated carbocycles. The number of rotatable bonds is 2. The number of hydrogen-bond donors (Lipinski definition) is 1. The number of aliphatic hydroxyl groups excluding tert-OH is 1. The highest BCUT2D eigenvalue weighted by molar-refractivity contribution is 5.62. The molecule has 0 amide bonds. The van der Waals surface area contributed by atoms with Gasteiger partial charge in [-0.1, -0.05) is 24.3 Å². The molecule has 1 heterocycles. The molecular weight excluding hydrogens is 188 g/mol. The Morgan fingerprint density at radius 1 is 1.13 bits per heavy atom. The molecule has 0 fully saturated rings. The molecule has 0 radical (unpaired) electrons. The van der Waals surface area contributed by atoms with E-state index in [1.807, 2.05) is 37.3 Å². The van der Waals surface area contributed by atoms with Crippen molar-refractivity contribution in [2.45, 2.75) is 13.5 Å². The van der Waals surface area contributed by atoms with Gasteiger partial charge in [0.05, 0.1) is 18.5 Å². The van der Waals surface area contributed by atoms with Crippen molar-refractivity contribution in [3.8, 4) is 11.1 Å². The Kier molecular flexibility index (Phi) is 2.74. The van der Waals surface area contributed by atoms with Gasteiger partial charge in [-0.05, 0) is 24.1 Å². The molecule has 1 N–H and O–H groups in total. The summed E-state index contributed by atoms with van der Waals surface area (Å²) in [5.74, 6) is 0. The minimum absolute atomic E-state index is 0.0773. The average Bonchev–Trinajstić information content (AvgIpc) is 2.29. The Morgan fingerprint density at radius 3 is 2.47 bits per heavy atom. The normalized spacial score (nSPS) is 10.3. The maximum absolute atomic E-state index is 8.92. The van der Waals surface area contributed by atoms with Crippen molar-refractivity contribution in [3.05, 3.63) is 47.8 Å². The summed E-state index contributed by atoms with van der Waals surface area (Å²) in [5.41, 5.74) is 3.95. The Hall–Kier alpha value is -1.74. The molecule has 0 bridgehead atoms. The van der Waals surface area contributed by atoms with Crippen LogP contribution >= 0.6 is 0 Å². The second-order valence-corrected chi connectivity index (χ2v) is 3.44. The lowest BCUT2D eigenvalue weighted by Crippen LogP contribution is -1.88. The number of aryl methyl sites for hydroxylation is 1. The summed E-state index contributed by atoms with van der Waals surface area (Å²) >= 11 is 0. The lowest BCUT2D eigenvalue weighted by atomic mass is 10.1. The Bertz CT molecular complexity index is 451. The van der Waals surface area contributed by atoms with Crippen molar-refractivity contribution in [1.82, 2.24) is 10.2 Å². The van der Waals surface area contributed by atoms with Crippen molar-refractivity contribution in [2.24, 2.45) is 0 Å². The van der Waals surface area contributed by atoms with Gasteiger partial charge in [0.2, 0.25) is 0 Å². The average molecular weight is 200 g/mol. The predicted octanol–water partition coefficient (Wildman–Crippen LogP) is 1.94. The SMILES string of the molecule is Cc1cc(-c2ccc(CO)cc2)cnn1. The summed E-state index contributed by atoms with van der Waals surface area (Å²) in [6.45, 7) is 1.99. The highest BCUT2D eigenvalue weighted by atomic mass is 16.3. The summed E-state index contributed by atoms with van der Waals surface area (Å²) in [7, 11) is 0. The summed E-state index contributed by atoms with van der Waals surface area (Å²) in [6.07, 6.45) is 1.74. The van der Waals surface area contributed by atoms with Crippen LogP contribution in [0.15, 0.2) is 36.5 Å². The first-order valence-electron chi connectivity index (χ1n) is 4.79. The van der Waals surface area contributed by atoms with E-state index in [2.05, 4.69) is 10.2 Å². The third kappa shape index (κ3) is 2.19. The molecule has 2 rings (SSSR count). The van der Waals surface area contributed by atoms with Crippen LogP contribution in [0.2, 0.25) is 0 Å². The van der Waals surface area contributed by atoms with Crippen LogP contribution in [0.4, 0.5) is 0 Å². The Morgan fingerprint density at radius 2 is 1.87 bits per heavy atom. The maximum Gasteiger partial charge on any atom is 0.0681 e. The van der Waals surface area contributed by atoms with E-state index in [-0.39, 0.29) is 6.61 Å². The zero-order valence-electron chi connectivity index (χ0n) is 8.51. The van der Waals surface area contributed by atoms with Gasteiger partial charge in [0.1, 0.15) is 0 Å². The van der Waals surface area contributed by atoms with Gasteiger partial charge in [0.25, 0.3) is 0 Å². The fraction of sp³-hybridized carbons (Fsp3) is 0.167. The molecule has 3 nitrogen and oxygen atoms in total. The topological polar surface area (TPSA) is 46.0 Å². The minimum Gasteiger partial charge on any atom is -0.392 e. The molecule has 0 aliphatic heterocycles. The Labute approximate surface area is 88.4 Å². The summed E-state index contributed by atoms with van der Waals surface area (Å²) in [5, 5.41) is 16.7. The number of aromatic nitrogens is 2. The molecule has 15 heavy (non-hydrogen) atoms. The highest BCUT2D eigenvalue weighted by Crippen LogP contribution is 2.18. The molecule has 1 aromatic heterocycles. The van der Waals surface area contributed by atoms with Crippen molar-refractivity contribution in [2.75, 3.05) is 0 Å². The van der Waals surface area contributed by atoms with E-state index in [0.717, 1.165) is 22.4 Å². The quantitative estimate of drug-likeness (QED) is 0.805. The Balaban J connectivity index is 2.37. The smallest absolute Gasteiger partial charge is 0.0681 e. The van der Waals surface area contributed by atoms with Crippen molar-refractivity contribution < 1.29 is 5.11 Å². The summed E-state index contributed by atoms with van der Waals surface area (Å²) < 4.78 is 0. The number of hydrogen-bond acceptors (Lipinski definition) is 3. The van der Waals surface area contributed by atoms with E-state index >= 15 is 0 Å². The van der Waals surface area contributed by atoms with Crippen LogP contribution in [-0.4, -0.2) is 15.3 Å². The van der Waals surface area contributed by atoms with Crippen LogP contribution in [0.1, 0.15) is 11.3 Å². The van der Waals surface area contributed by atoms with E-state index in [9.17, 15) is 0 Å². The second-order valence-electron chi connectivity index (χ2n) is 3.44. The van der Waals surface area contributed by atoms with Gasteiger partial charge in [-0.15, -0.1) is 0 Å². The van der Waals surface area contributed by atoms with Crippen LogP contribution in [-0.2, 0) is 6.61 Å². The molecule has 0 saturated heterocycles. The largest absolute Gasteiger partial charge is 0.392 e. The number of nitrogens with zero attached hydrogens (tertiary/aromatic N) is 2. The first kappa shape index (κ1) is 9.80. The lowest BCUT2D eigenvalue weighted by Gasteiger charge is -2.02. The van der Waals surface area contributed by atoms with E-state index in [1.165, 1.54) is 0 Å². The fourth-order valence-corrected chi connectivity index (χ4v) is 1.43. The monoisotopic (exact) mass is 200 g/mol. The highest BCUT2D eigenvalue weighted by Gasteiger charge is 1.99. The van der Waals surface area contributed by atoms with Crippen molar-refractivity contribution in [1.29, 1.82) is 0 Å². The van der Waals surface area contributed by atoms with Gasteiger partial charge >= 0.3 is 0 Å². The van der Waals surface area contributed by atoms with Gasteiger partial charge in [0, 0.05) is 5.56 Å². The van der Waals surface area contributed by atoms with Gasteiger partial charge in [-0.25, -0.2) is 0 Å². The molecule has 1 aromatic carbocycles. The van der Waals surface area contributed by atoms with E-state index < -0.39 is 0 Å². The molecular formula is C12H12N2O. The van der Waals surface area contributed by atoms with Crippen molar-refractivity contribution in [3.63, 3.8) is 0 Å². The molecule has 2 aromatic rings. The first-order valence-corrected chi connectivity index (χ1v) is 4.79. The van der Waals surface area contributed by atoms with Crippen LogP contribution in [0.25, 0.3) is 11.1 Å². The third-order valence-corrected chi connectivity index (χ3v) is 2.25. The fourth-order valence-electron chi connectivity index (χ4n) is 1.43. The second kappa shape index (κ2) is 4.19. The summed E-state index contributed by atoms with van der Waals surface area (Å²) in [6, 6.07) is 9.75. The third-order valence-electron chi connectivity index (χ3n) is 2.25. The van der Waals surface area contributed by atoms with Gasteiger partial charge in [0.15, 0.2) is 0 Å².